The van der Waals surface area contributed by atoms with Crippen LogP contribution in [0.3, 0.4) is 0 Å². The summed E-state index contributed by atoms with van der Waals surface area (Å²) in [6.45, 7) is 1.24. The first kappa shape index (κ1) is 9.25. The number of H-pyrrole nitrogens is 1. The minimum Gasteiger partial charge on any atom is -0.405 e. The summed E-state index contributed by atoms with van der Waals surface area (Å²) >= 11 is 0. The molecule has 15 heavy (non-hydrogen) atoms. The van der Waals surface area contributed by atoms with Crippen molar-refractivity contribution in [3.8, 4) is 5.88 Å². The van der Waals surface area contributed by atoms with Crippen LogP contribution in [0, 0.1) is 0 Å². The number of carbonyl (C=O) groups is 1. The summed E-state index contributed by atoms with van der Waals surface area (Å²) in [5.74, 6) is -0.500. The largest absolute Gasteiger partial charge is 0.405 e. The molecule has 0 unspecified atom stereocenters. The molecular weight excluding hydrogens is 200 g/mol. The molecule has 2 heterocycles. The predicted octanol–water partition coefficient (Wildman–Crippen LogP) is -0.362. The van der Waals surface area contributed by atoms with Crippen molar-refractivity contribution in [3.05, 3.63) is 22.7 Å². The van der Waals surface area contributed by atoms with Gasteiger partial charge in [0.05, 0.1) is 23.2 Å². The van der Waals surface area contributed by atoms with Gasteiger partial charge in [0.1, 0.15) is 0 Å². The lowest BCUT2D eigenvalue weighted by Gasteiger charge is -2.01. The Morgan fingerprint density at radius 1 is 1.33 bits per heavy atom. The van der Waals surface area contributed by atoms with E-state index in [9.17, 15) is 9.59 Å². The summed E-state index contributed by atoms with van der Waals surface area (Å²) in [5.41, 5.74) is -0.407. The number of hydrogen-bond acceptors (Lipinski definition) is 6. The number of carbonyl (C=O) groups excluding carboxylic acids is 1. The number of esters is 1. The molecule has 0 atom stereocenters. The highest BCUT2D eigenvalue weighted by Gasteiger charge is 2.09. The SMILES string of the molecule is CC(=O)Oc1n[nH]c(=O)c2cnncc12. The van der Waals surface area contributed by atoms with Crippen LogP contribution in [0.25, 0.3) is 10.8 Å². The average Bonchev–Trinajstić information content (AvgIpc) is 2.22. The number of nitrogens with one attached hydrogen (secondary N) is 1. The van der Waals surface area contributed by atoms with Crippen molar-refractivity contribution in [2.24, 2.45) is 0 Å². The van der Waals surface area contributed by atoms with Crippen LogP contribution in [-0.2, 0) is 4.79 Å². The molecule has 0 amide bonds. The van der Waals surface area contributed by atoms with Crippen LogP contribution < -0.4 is 10.3 Å². The van der Waals surface area contributed by atoms with Gasteiger partial charge in [-0.15, -0.1) is 5.10 Å². The molecule has 7 nitrogen and oxygen atoms in total. The maximum atomic E-state index is 11.3. The van der Waals surface area contributed by atoms with Gasteiger partial charge in [-0.1, -0.05) is 0 Å². The van der Waals surface area contributed by atoms with Gasteiger partial charge in [-0.2, -0.15) is 10.2 Å². The molecule has 0 aromatic carbocycles. The lowest BCUT2D eigenvalue weighted by Crippen LogP contribution is -2.12. The molecule has 0 saturated heterocycles. The second-order valence-corrected chi connectivity index (χ2v) is 2.77. The number of ether oxygens (including phenoxy) is 1. The molecule has 1 N–H and O–H groups in total. The van der Waals surface area contributed by atoms with E-state index in [1.165, 1.54) is 19.3 Å². The van der Waals surface area contributed by atoms with Crippen LogP contribution in [0.4, 0.5) is 0 Å². The fraction of sp³-hybridized carbons (Fsp3) is 0.125. The van der Waals surface area contributed by atoms with Crippen LogP contribution in [0.1, 0.15) is 6.92 Å². The summed E-state index contributed by atoms with van der Waals surface area (Å²) in [6.07, 6.45) is 2.60. The maximum absolute atomic E-state index is 11.3. The van der Waals surface area contributed by atoms with Gasteiger partial charge < -0.3 is 4.74 Å². The van der Waals surface area contributed by atoms with Gasteiger partial charge in [-0.25, -0.2) is 5.10 Å². The van der Waals surface area contributed by atoms with Gasteiger partial charge in [-0.3, -0.25) is 9.59 Å². The molecule has 7 heteroatoms. The van der Waals surface area contributed by atoms with Gasteiger partial charge >= 0.3 is 5.97 Å². The molecule has 0 bridgehead atoms. The van der Waals surface area contributed by atoms with Crippen LogP contribution in [0.15, 0.2) is 17.2 Å². The van der Waals surface area contributed by atoms with Crippen LogP contribution >= 0.6 is 0 Å². The average molecular weight is 206 g/mol. The van der Waals surface area contributed by atoms with Crippen LogP contribution in [0.2, 0.25) is 0 Å². The van der Waals surface area contributed by atoms with Crippen LogP contribution in [-0.4, -0.2) is 26.4 Å². The fourth-order valence-corrected chi connectivity index (χ4v) is 1.11. The minimum atomic E-state index is -0.521. The van der Waals surface area contributed by atoms with Crippen molar-refractivity contribution in [3.63, 3.8) is 0 Å². The Morgan fingerprint density at radius 2 is 2.00 bits per heavy atom. The first-order chi connectivity index (χ1) is 7.18. The topological polar surface area (TPSA) is 97.8 Å². The molecule has 0 aliphatic rings. The second-order valence-electron chi connectivity index (χ2n) is 2.77. The molecule has 2 rings (SSSR count). The minimum absolute atomic E-state index is 0.0204. The predicted molar refractivity (Wildman–Crippen MR) is 49.3 cm³/mol. The van der Waals surface area contributed by atoms with Crippen molar-refractivity contribution >= 4 is 16.7 Å². The van der Waals surface area contributed by atoms with Gasteiger partial charge in [-0.05, 0) is 0 Å². The number of nitrogens with zero attached hydrogens (tertiary/aromatic N) is 3. The second kappa shape index (κ2) is 3.45. The molecule has 2 aromatic rings. The highest BCUT2D eigenvalue weighted by atomic mass is 16.5. The molecule has 76 valence electrons. The molecule has 0 saturated carbocycles. The smallest absolute Gasteiger partial charge is 0.309 e. The first-order valence-electron chi connectivity index (χ1n) is 4.06. The molecule has 0 spiro atoms. The molecule has 0 aliphatic heterocycles. The summed E-state index contributed by atoms with van der Waals surface area (Å²) in [5, 5.41) is 13.6. The monoisotopic (exact) mass is 206 g/mol. The number of rotatable bonds is 1. The van der Waals surface area contributed by atoms with Gasteiger partial charge in [0, 0.05) is 6.92 Å². The summed E-state index contributed by atoms with van der Waals surface area (Å²) in [7, 11) is 0. The van der Waals surface area contributed by atoms with Crippen molar-refractivity contribution in [1.82, 2.24) is 20.4 Å². The standard InChI is InChI=1S/C8H6N4O3/c1-4(13)15-8-6-3-10-9-2-5(6)7(14)11-12-8/h2-3H,1H3,(H,11,14). The quantitative estimate of drug-likeness (QED) is 0.639. The normalized spacial score (nSPS) is 10.2. The Morgan fingerprint density at radius 3 is 2.67 bits per heavy atom. The van der Waals surface area contributed by atoms with E-state index in [1.54, 1.807) is 0 Å². The van der Waals surface area contributed by atoms with E-state index >= 15 is 0 Å². The van der Waals surface area contributed by atoms with Crippen LogP contribution in [0.5, 0.6) is 5.88 Å². The van der Waals surface area contributed by atoms with Crippen molar-refractivity contribution in [2.75, 3.05) is 0 Å². The van der Waals surface area contributed by atoms with Crippen molar-refractivity contribution < 1.29 is 9.53 Å². The van der Waals surface area contributed by atoms with Crippen molar-refractivity contribution in [2.45, 2.75) is 6.92 Å². The third kappa shape index (κ3) is 1.66. The van der Waals surface area contributed by atoms with E-state index in [4.69, 9.17) is 4.74 Å². The zero-order valence-corrected chi connectivity index (χ0v) is 7.72. The number of hydrogen-bond donors (Lipinski definition) is 1. The first-order valence-corrected chi connectivity index (χ1v) is 4.06. The van der Waals surface area contributed by atoms with E-state index in [2.05, 4.69) is 20.4 Å². The van der Waals surface area contributed by atoms with E-state index in [0.29, 0.717) is 5.39 Å². The lowest BCUT2D eigenvalue weighted by molar-refractivity contribution is -0.132. The summed E-state index contributed by atoms with van der Waals surface area (Å²) in [6, 6.07) is 0. The fourth-order valence-electron chi connectivity index (χ4n) is 1.11. The highest BCUT2D eigenvalue weighted by molar-refractivity contribution is 5.86. The number of aromatic amines is 1. The lowest BCUT2D eigenvalue weighted by atomic mass is 10.3. The van der Waals surface area contributed by atoms with Gasteiger partial charge in [0.2, 0.25) is 5.88 Å². The van der Waals surface area contributed by atoms with E-state index < -0.39 is 11.5 Å². The number of fused-ring (bicyclic) bond motifs is 1. The number of aromatic nitrogens is 4. The van der Waals surface area contributed by atoms with Gasteiger partial charge in [0.15, 0.2) is 0 Å². The Bertz CT molecular complexity index is 577. The Balaban J connectivity index is 2.71. The molecular formula is C8H6N4O3. The Hall–Kier alpha value is -2.31. The zero-order chi connectivity index (χ0) is 10.8. The molecule has 0 radical (unpaired) electrons. The third-order valence-electron chi connectivity index (χ3n) is 1.70. The summed E-state index contributed by atoms with van der Waals surface area (Å²) < 4.78 is 4.79. The molecule has 0 aliphatic carbocycles. The van der Waals surface area contributed by atoms with Gasteiger partial charge in [0.25, 0.3) is 5.56 Å². The Kier molecular flexibility index (Phi) is 2.13. The van der Waals surface area contributed by atoms with E-state index in [1.807, 2.05) is 0 Å². The third-order valence-corrected chi connectivity index (χ3v) is 1.70. The molecule has 2 aromatic heterocycles. The summed E-state index contributed by atoms with van der Waals surface area (Å²) in [4.78, 5) is 22.0. The Labute approximate surface area is 83.1 Å². The molecule has 0 fully saturated rings. The van der Waals surface area contributed by atoms with Crippen molar-refractivity contribution in [1.29, 1.82) is 0 Å². The maximum Gasteiger partial charge on any atom is 0.309 e. The highest BCUT2D eigenvalue weighted by Crippen LogP contribution is 2.16. The zero-order valence-electron chi connectivity index (χ0n) is 7.72. The van der Waals surface area contributed by atoms with E-state index in [-0.39, 0.29) is 11.3 Å². The van der Waals surface area contributed by atoms with E-state index in [0.717, 1.165) is 0 Å².